The van der Waals surface area contributed by atoms with Gasteiger partial charge in [0, 0.05) is 19.3 Å². The molecule has 0 atom stereocenters. The van der Waals surface area contributed by atoms with Gasteiger partial charge in [0.15, 0.2) is 6.61 Å². The van der Waals surface area contributed by atoms with E-state index in [9.17, 15) is 14.4 Å². The summed E-state index contributed by atoms with van der Waals surface area (Å²) >= 11 is 7.86. The van der Waals surface area contributed by atoms with Gasteiger partial charge in [0.1, 0.15) is 15.6 Å². The minimum atomic E-state index is -0.641. The van der Waals surface area contributed by atoms with E-state index >= 15 is 0 Å². The lowest BCUT2D eigenvalue weighted by atomic mass is 10.2. The summed E-state index contributed by atoms with van der Waals surface area (Å²) in [5, 5.41) is 9.08. The van der Waals surface area contributed by atoms with Crippen molar-refractivity contribution in [1.29, 1.82) is 0 Å². The second-order valence-electron chi connectivity index (χ2n) is 6.67. The molecule has 1 aliphatic heterocycles. The smallest absolute Gasteiger partial charge is 0.342 e. The van der Waals surface area contributed by atoms with Gasteiger partial charge < -0.3 is 10.1 Å². The van der Waals surface area contributed by atoms with Crippen molar-refractivity contribution < 1.29 is 19.1 Å². The maximum Gasteiger partial charge on any atom is 0.342 e. The maximum absolute atomic E-state index is 12.8. The van der Waals surface area contributed by atoms with Crippen LogP contribution in [0.3, 0.4) is 0 Å². The zero-order valence-electron chi connectivity index (χ0n) is 16.7. The van der Waals surface area contributed by atoms with Crippen LogP contribution in [0.1, 0.15) is 10.4 Å². The predicted molar refractivity (Wildman–Crippen MR) is 127 cm³/mol. The van der Waals surface area contributed by atoms with E-state index in [4.69, 9.17) is 17.0 Å². The number of rotatable bonds is 8. The highest BCUT2D eigenvalue weighted by Crippen LogP contribution is 2.28. The highest BCUT2D eigenvalue weighted by molar-refractivity contribution is 8.23. The molecule has 3 aromatic rings. The number of aromatic nitrogens is 2. The number of thiocarbonyl (C=S) groups is 1. The molecule has 1 N–H and O–H groups in total. The second-order valence-corrected chi connectivity index (χ2v) is 9.23. The van der Waals surface area contributed by atoms with Crippen molar-refractivity contribution in [2.75, 3.05) is 25.4 Å². The molecule has 1 aliphatic rings. The van der Waals surface area contributed by atoms with E-state index in [0.717, 1.165) is 10.6 Å². The number of thiophene rings is 1. The summed E-state index contributed by atoms with van der Waals surface area (Å²) in [6.45, 7) is 0.0678. The van der Waals surface area contributed by atoms with Crippen LogP contribution in [0.4, 0.5) is 0 Å². The summed E-state index contributed by atoms with van der Waals surface area (Å²) in [6.07, 6.45) is 1.60. The molecular weight excluding hydrogens is 468 g/mol. The number of hydrogen-bond donors (Lipinski definition) is 1. The first-order valence-electron chi connectivity index (χ1n) is 9.63. The lowest BCUT2D eigenvalue weighted by Gasteiger charge is -2.15. The minimum Gasteiger partial charge on any atom is -0.452 e. The zero-order valence-corrected chi connectivity index (χ0v) is 19.2. The molecule has 0 unspecified atom stereocenters. The molecule has 0 bridgehead atoms. The van der Waals surface area contributed by atoms with Gasteiger partial charge in [-0.05, 0) is 23.6 Å². The highest BCUT2D eigenvalue weighted by atomic mass is 32.2. The number of hydrogen-bond acceptors (Lipinski definition) is 8. The van der Waals surface area contributed by atoms with Crippen LogP contribution in [0.25, 0.3) is 16.3 Å². The summed E-state index contributed by atoms with van der Waals surface area (Å²) in [6, 6.07) is 13.2. The topological polar surface area (TPSA) is 93.5 Å². The minimum absolute atomic E-state index is 0.0720. The Hall–Kier alpha value is -3.02. The quantitative estimate of drug-likeness (QED) is 0.387. The molecule has 4 rings (SSSR count). The summed E-state index contributed by atoms with van der Waals surface area (Å²) < 4.78 is 7.35. The fraction of sp³-hybridized carbons (Fsp3) is 0.190. The first-order chi connectivity index (χ1) is 15.5. The number of carbonyl (C=O) groups excluding carboxylic acids is 3. The van der Waals surface area contributed by atoms with Gasteiger partial charge in [-0.1, -0.05) is 48.2 Å². The average Bonchev–Trinajstić information content (AvgIpc) is 3.54. The summed E-state index contributed by atoms with van der Waals surface area (Å²) in [5.74, 6) is -0.847. The Morgan fingerprint density at radius 3 is 2.69 bits per heavy atom. The maximum atomic E-state index is 12.8. The molecule has 0 radical (unpaired) electrons. The molecule has 164 valence electrons. The third-order valence-corrected chi connectivity index (χ3v) is 6.85. The predicted octanol–water partition coefficient (Wildman–Crippen LogP) is 2.73. The lowest BCUT2D eigenvalue weighted by molar-refractivity contribution is -0.126. The van der Waals surface area contributed by atoms with Gasteiger partial charge in [0.2, 0.25) is 5.91 Å². The van der Waals surface area contributed by atoms with Crippen LogP contribution in [0, 0.1) is 0 Å². The number of thioether (sulfide) groups is 1. The summed E-state index contributed by atoms with van der Waals surface area (Å²) in [7, 11) is 0. The number of benzene rings is 1. The number of amides is 2. The van der Waals surface area contributed by atoms with Crippen LogP contribution in [0.2, 0.25) is 0 Å². The first-order valence-corrected chi connectivity index (χ1v) is 11.9. The van der Waals surface area contributed by atoms with Crippen LogP contribution in [0.15, 0.2) is 54.0 Å². The summed E-state index contributed by atoms with van der Waals surface area (Å²) in [5.41, 5.74) is 1.57. The Balaban J connectivity index is 1.38. The monoisotopic (exact) mass is 486 g/mol. The number of carbonyl (C=O) groups is 3. The van der Waals surface area contributed by atoms with E-state index in [2.05, 4.69) is 10.4 Å². The molecule has 2 aromatic heterocycles. The van der Waals surface area contributed by atoms with E-state index in [1.165, 1.54) is 28.0 Å². The van der Waals surface area contributed by atoms with E-state index < -0.39 is 18.5 Å². The van der Waals surface area contributed by atoms with Crippen molar-refractivity contribution in [3.63, 3.8) is 0 Å². The largest absolute Gasteiger partial charge is 0.452 e. The Morgan fingerprint density at radius 1 is 1.19 bits per heavy atom. The molecule has 2 amide bonds. The second kappa shape index (κ2) is 10.1. The molecule has 11 heteroatoms. The van der Waals surface area contributed by atoms with Crippen LogP contribution < -0.4 is 5.32 Å². The van der Waals surface area contributed by atoms with Crippen molar-refractivity contribution >= 4 is 57.4 Å². The van der Waals surface area contributed by atoms with Gasteiger partial charge in [0.05, 0.1) is 16.3 Å². The van der Waals surface area contributed by atoms with Crippen LogP contribution in [0.5, 0.6) is 0 Å². The number of ether oxygens (including phenoxy) is 1. The summed E-state index contributed by atoms with van der Waals surface area (Å²) in [4.78, 5) is 38.8. The van der Waals surface area contributed by atoms with Gasteiger partial charge in [-0.3, -0.25) is 14.5 Å². The molecule has 0 spiro atoms. The fourth-order valence-electron chi connectivity index (χ4n) is 3.00. The van der Waals surface area contributed by atoms with Gasteiger partial charge in [-0.25, -0.2) is 9.48 Å². The third-order valence-electron chi connectivity index (χ3n) is 4.54. The normalized spacial score (nSPS) is 13.4. The molecule has 1 aromatic carbocycles. The van der Waals surface area contributed by atoms with Crippen molar-refractivity contribution in [3.8, 4) is 16.3 Å². The Morgan fingerprint density at radius 2 is 2.00 bits per heavy atom. The van der Waals surface area contributed by atoms with Crippen molar-refractivity contribution in [2.24, 2.45) is 0 Å². The average molecular weight is 487 g/mol. The van der Waals surface area contributed by atoms with Crippen molar-refractivity contribution in [3.05, 3.63) is 59.6 Å². The Labute approximate surface area is 197 Å². The van der Waals surface area contributed by atoms with Crippen LogP contribution in [-0.2, 0) is 14.3 Å². The molecule has 32 heavy (non-hydrogen) atoms. The molecule has 8 nitrogen and oxygen atoms in total. The fourth-order valence-corrected chi connectivity index (χ4v) is 4.84. The Bertz CT molecular complexity index is 1130. The third kappa shape index (κ3) is 5.06. The number of nitrogens with one attached hydrogen (secondary N) is 1. The van der Waals surface area contributed by atoms with Gasteiger partial charge in [-0.2, -0.15) is 5.10 Å². The zero-order chi connectivity index (χ0) is 22.5. The lowest BCUT2D eigenvalue weighted by Crippen LogP contribution is -2.38. The SMILES string of the molecule is O=C(COC(=O)c1cn(-c2ccccc2)nc1-c1cccs1)NCCN1C(=O)CSC1=S. The van der Waals surface area contributed by atoms with E-state index in [1.807, 2.05) is 47.8 Å². The molecule has 0 aliphatic carbocycles. The highest BCUT2D eigenvalue weighted by Gasteiger charge is 2.26. The molecular formula is C21H18N4O4S3. The standard InChI is InChI=1S/C21H18N4O4S3/c26-17(22-8-9-24-18(27)13-32-21(24)30)12-29-20(28)15-11-25(14-5-2-1-3-6-14)23-19(15)16-7-4-10-31-16/h1-7,10-11H,8-9,12-13H2,(H,22,26). The molecule has 1 fully saturated rings. The first kappa shape index (κ1) is 22.2. The number of para-hydroxylation sites is 1. The van der Waals surface area contributed by atoms with Crippen molar-refractivity contribution in [2.45, 2.75) is 0 Å². The molecule has 3 heterocycles. The number of esters is 1. The van der Waals surface area contributed by atoms with Gasteiger partial charge in [-0.15, -0.1) is 11.3 Å². The van der Waals surface area contributed by atoms with Gasteiger partial charge >= 0.3 is 5.97 Å². The van der Waals surface area contributed by atoms with Crippen LogP contribution >= 0.6 is 35.3 Å². The molecule has 1 saturated heterocycles. The van der Waals surface area contributed by atoms with E-state index in [0.29, 0.717) is 15.8 Å². The number of nitrogens with zero attached hydrogens (tertiary/aromatic N) is 3. The Kier molecular flexibility index (Phi) is 6.98. The molecule has 0 saturated carbocycles. The van der Waals surface area contributed by atoms with E-state index in [1.54, 1.807) is 10.9 Å². The van der Waals surface area contributed by atoms with Crippen LogP contribution in [-0.4, -0.2) is 62.2 Å². The van der Waals surface area contributed by atoms with Crippen molar-refractivity contribution in [1.82, 2.24) is 20.0 Å². The van der Waals surface area contributed by atoms with E-state index in [-0.39, 0.29) is 24.6 Å². The van der Waals surface area contributed by atoms with Gasteiger partial charge in [0.25, 0.3) is 5.91 Å².